The first kappa shape index (κ1) is 16.8. The lowest BCUT2D eigenvalue weighted by Crippen LogP contribution is -2.42. The molecule has 1 aromatic rings. The lowest BCUT2D eigenvalue weighted by molar-refractivity contribution is -0.114. The first-order valence-electron chi connectivity index (χ1n) is 9.00. The van der Waals surface area contributed by atoms with Crippen LogP contribution in [-0.2, 0) is 11.3 Å². The zero-order valence-electron chi connectivity index (χ0n) is 14.8. The Morgan fingerprint density at radius 3 is 2.79 bits per heavy atom. The van der Waals surface area contributed by atoms with Crippen LogP contribution >= 0.6 is 0 Å². The first-order valence-corrected chi connectivity index (χ1v) is 9.00. The fourth-order valence-electron chi connectivity index (χ4n) is 3.74. The summed E-state index contributed by atoms with van der Waals surface area (Å²) in [5.74, 6) is 0.970. The normalized spacial score (nSPS) is 19.2. The Hall–Kier alpha value is -2.04. The summed E-state index contributed by atoms with van der Waals surface area (Å²) in [5, 5.41) is 6.26. The van der Waals surface area contributed by atoms with E-state index in [9.17, 15) is 4.79 Å². The predicted octanol–water partition coefficient (Wildman–Crippen LogP) is 2.99. The van der Waals surface area contributed by atoms with Gasteiger partial charge in [0.25, 0.3) is 0 Å². The summed E-state index contributed by atoms with van der Waals surface area (Å²) in [6.07, 6.45) is 5.44. The van der Waals surface area contributed by atoms with Gasteiger partial charge in [-0.3, -0.25) is 4.79 Å². The average molecular weight is 328 g/mol. The molecule has 130 valence electrons. The molecule has 0 unspecified atom stereocenters. The third-order valence-electron chi connectivity index (χ3n) is 5.15. The third kappa shape index (κ3) is 3.89. The van der Waals surface area contributed by atoms with E-state index in [0.29, 0.717) is 12.0 Å². The van der Waals surface area contributed by atoms with Crippen molar-refractivity contribution in [2.24, 2.45) is 10.4 Å². The largest absolute Gasteiger partial charge is 0.357 e. The van der Waals surface area contributed by atoms with Crippen molar-refractivity contribution in [1.82, 2.24) is 10.2 Å². The molecular formula is C19H28N4O. The molecule has 2 N–H and O–H groups in total. The molecule has 1 spiro atoms. The Bertz CT molecular complexity index is 622. The molecule has 0 bridgehead atoms. The van der Waals surface area contributed by atoms with Crippen LogP contribution in [0, 0.1) is 5.41 Å². The van der Waals surface area contributed by atoms with E-state index in [2.05, 4.69) is 28.5 Å². The summed E-state index contributed by atoms with van der Waals surface area (Å²) < 4.78 is 0. The van der Waals surface area contributed by atoms with Crippen LogP contribution in [0.2, 0.25) is 0 Å². The molecule has 24 heavy (non-hydrogen) atoms. The predicted molar refractivity (Wildman–Crippen MR) is 98.0 cm³/mol. The van der Waals surface area contributed by atoms with Gasteiger partial charge >= 0.3 is 0 Å². The minimum absolute atomic E-state index is 0.0492. The summed E-state index contributed by atoms with van der Waals surface area (Å²) >= 11 is 0. The molecule has 1 aromatic carbocycles. The van der Waals surface area contributed by atoms with Gasteiger partial charge in [0.1, 0.15) is 0 Å². The molecule has 5 nitrogen and oxygen atoms in total. The second-order valence-corrected chi connectivity index (χ2v) is 7.08. The number of carbonyl (C=O) groups is 1. The SMILES string of the molecule is CCNC(=NCc1cccc(NC(C)=O)c1)N1CCC2(CCC2)C1. The number of hydrogen-bond donors (Lipinski definition) is 2. The Labute approximate surface area is 144 Å². The second kappa shape index (κ2) is 7.24. The van der Waals surface area contributed by atoms with Crippen molar-refractivity contribution in [3.8, 4) is 0 Å². The van der Waals surface area contributed by atoms with Gasteiger partial charge in [-0.15, -0.1) is 0 Å². The molecule has 1 saturated heterocycles. The Balaban J connectivity index is 1.66. The van der Waals surface area contributed by atoms with Crippen molar-refractivity contribution in [2.75, 3.05) is 25.0 Å². The van der Waals surface area contributed by atoms with E-state index in [1.807, 2.05) is 18.2 Å². The van der Waals surface area contributed by atoms with Crippen LogP contribution in [-0.4, -0.2) is 36.4 Å². The van der Waals surface area contributed by atoms with E-state index < -0.39 is 0 Å². The van der Waals surface area contributed by atoms with E-state index >= 15 is 0 Å². The minimum atomic E-state index is -0.0492. The lowest BCUT2D eigenvalue weighted by atomic mass is 9.68. The number of aliphatic imine (C=N–C) groups is 1. The number of nitrogens with one attached hydrogen (secondary N) is 2. The number of hydrogen-bond acceptors (Lipinski definition) is 2. The smallest absolute Gasteiger partial charge is 0.221 e. The number of amides is 1. The highest BCUT2D eigenvalue weighted by molar-refractivity contribution is 5.88. The average Bonchev–Trinajstić information content (AvgIpc) is 2.97. The first-order chi connectivity index (χ1) is 11.6. The number of guanidine groups is 1. The van der Waals surface area contributed by atoms with Gasteiger partial charge in [-0.05, 0) is 49.3 Å². The van der Waals surface area contributed by atoms with Gasteiger partial charge in [-0.25, -0.2) is 4.99 Å². The molecule has 2 fully saturated rings. The molecule has 1 aliphatic heterocycles. The fourth-order valence-corrected chi connectivity index (χ4v) is 3.74. The molecule has 1 saturated carbocycles. The summed E-state index contributed by atoms with van der Waals surface area (Å²) in [5.41, 5.74) is 2.51. The van der Waals surface area contributed by atoms with Gasteiger partial charge in [-0.1, -0.05) is 18.6 Å². The van der Waals surface area contributed by atoms with Crippen LogP contribution in [0.3, 0.4) is 0 Å². The van der Waals surface area contributed by atoms with Gasteiger partial charge in [0, 0.05) is 32.2 Å². The van der Waals surface area contributed by atoms with Crippen molar-refractivity contribution in [3.63, 3.8) is 0 Å². The summed E-state index contributed by atoms with van der Waals surface area (Å²) in [6.45, 7) is 7.40. The standard InChI is InChI=1S/C19H28N4O/c1-3-20-18(23-11-10-19(14-23)8-5-9-19)21-13-16-6-4-7-17(12-16)22-15(2)24/h4,6-7,12H,3,5,8-11,13-14H2,1-2H3,(H,20,21)(H,22,24). The fraction of sp³-hybridized carbons (Fsp3) is 0.579. The third-order valence-corrected chi connectivity index (χ3v) is 5.15. The van der Waals surface area contributed by atoms with Crippen LogP contribution in [0.5, 0.6) is 0 Å². The number of carbonyl (C=O) groups excluding carboxylic acids is 1. The van der Waals surface area contributed by atoms with Crippen molar-refractivity contribution in [2.45, 2.75) is 46.1 Å². The zero-order chi connectivity index (χ0) is 17.0. The van der Waals surface area contributed by atoms with Gasteiger partial charge < -0.3 is 15.5 Å². The van der Waals surface area contributed by atoms with E-state index in [0.717, 1.165) is 36.8 Å². The number of anilines is 1. The molecule has 0 atom stereocenters. The van der Waals surface area contributed by atoms with Crippen LogP contribution in [0.4, 0.5) is 5.69 Å². The highest BCUT2D eigenvalue weighted by atomic mass is 16.1. The van der Waals surface area contributed by atoms with Crippen LogP contribution < -0.4 is 10.6 Å². The zero-order valence-corrected chi connectivity index (χ0v) is 14.8. The van der Waals surface area contributed by atoms with E-state index in [1.54, 1.807) is 0 Å². The van der Waals surface area contributed by atoms with Crippen molar-refractivity contribution >= 4 is 17.6 Å². The molecule has 1 aliphatic carbocycles. The monoisotopic (exact) mass is 328 g/mol. The van der Waals surface area contributed by atoms with Crippen molar-refractivity contribution in [1.29, 1.82) is 0 Å². The van der Waals surface area contributed by atoms with Gasteiger partial charge in [0.15, 0.2) is 5.96 Å². The highest BCUT2D eigenvalue weighted by Gasteiger charge is 2.43. The summed E-state index contributed by atoms with van der Waals surface area (Å²) in [7, 11) is 0. The van der Waals surface area contributed by atoms with Gasteiger partial charge in [0.2, 0.25) is 5.91 Å². The number of likely N-dealkylation sites (tertiary alicyclic amines) is 1. The van der Waals surface area contributed by atoms with E-state index in [4.69, 9.17) is 4.99 Å². The molecule has 2 aliphatic rings. The molecule has 0 radical (unpaired) electrons. The van der Waals surface area contributed by atoms with Crippen LogP contribution in [0.25, 0.3) is 0 Å². The Morgan fingerprint density at radius 1 is 1.33 bits per heavy atom. The lowest BCUT2D eigenvalue weighted by Gasteiger charge is -2.38. The number of nitrogens with zero attached hydrogens (tertiary/aromatic N) is 2. The quantitative estimate of drug-likeness (QED) is 0.660. The van der Waals surface area contributed by atoms with Crippen LogP contribution in [0.15, 0.2) is 29.3 Å². The Morgan fingerprint density at radius 2 is 2.17 bits per heavy atom. The molecule has 3 rings (SSSR count). The van der Waals surface area contributed by atoms with Crippen LogP contribution in [0.1, 0.15) is 45.1 Å². The molecular weight excluding hydrogens is 300 g/mol. The summed E-state index contributed by atoms with van der Waals surface area (Å²) in [6, 6.07) is 7.91. The van der Waals surface area contributed by atoms with E-state index in [-0.39, 0.29) is 5.91 Å². The number of benzene rings is 1. The minimum Gasteiger partial charge on any atom is -0.357 e. The van der Waals surface area contributed by atoms with Crippen molar-refractivity contribution < 1.29 is 4.79 Å². The Kier molecular flexibility index (Phi) is 5.07. The molecule has 1 heterocycles. The van der Waals surface area contributed by atoms with E-state index in [1.165, 1.54) is 32.6 Å². The molecule has 1 amide bonds. The number of rotatable bonds is 4. The van der Waals surface area contributed by atoms with Gasteiger partial charge in [0.05, 0.1) is 6.54 Å². The molecule has 0 aromatic heterocycles. The maximum Gasteiger partial charge on any atom is 0.221 e. The van der Waals surface area contributed by atoms with Gasteiger partial charge in [-0.2, -0.15) is 0 Å². The maximum absolute atomic E-state index is 11.2. The topological polar surface area (TPSA) is 56.7 Å². The second-order valence-electron chi connectivity index (χ2n) is 7.08. The maximum atomic E-state index is 11.2. The molecule has 5 heteroatoms. The summed E-state index contributed by atoms with van der Waals surface area (Å²) in [4.78, 5) is 18.4. The highest BCUT2D eigenvalue weighted by Crippen LogP contribution is 2.47. The van der Waals surface area contributed by atoms with Crippen molar-refractivity contribution in [3.05, 3.63) is 29.8 Å².